The van der Waals surface area contributed by atoms with Gasteiger partial charge in [0.05, 0.1) is 6.10 Å². The van der Waals surface area contributed by atoms with Crippen LogP contribution in [0.2, 0.25) is 0 Å². The molecule has 1 saturated carbocycles. The number of hydrogen-bond acceptors (Lipinski definition) is 2. The van der Waals surface area contributed by atoms with E-state index in [0.717, 1.165) is 32.1 Å². The molecule has 0 heterocycles. The fourth-order valence-corrected chi connectivity index (χ4v) is 4.31. The van der Waals surface area contributed by atoms with E-state index in [1.807, 2.05) is 0 Å². The summed E-state index contributed by atoms with van der Waals surface area (Å²) in [5, 5.41) is 20.1. The molecule has 2 aliphatic carbocycles. The normalized spacial score (nSPS) is 34.3. The lowest BCUT2D eigenvalue weighted by molar-refractivity contribution is -0.0127. The molecule has 118 valence electrons. The monoisotopic (exact) mass is 290 g/mol. The fourth-order valence-electron chi connectivity index (χ4n) is 4.31. The summed E-state index contributed by atoms with van der Waals surface area (Å²) >= 11 is 0. The first kappa shape index (κ1) is 16.6. The first-order valence-electron chi connectivity index (χ1n) is 8.35. The Balaban J connectivity index is 2.14. The summed E-state index contributed by atoms with van der Waals surface area (Å²) in [6.07, 6.45) is 8.50. The first-order valence-corrected chi connectivity index (χ1v) is 8.35. The Hall–Kier alpha value is -0.780. The Morgan fingerprint density at radius 2 is 2.14 bits per heavy atom. The zero-order valence-corrected chi connectivity index (χ0v) is 13.9. The molecule has 0 aliphatic heterocycles. The summed E-state index contributed by atoms with van der Waals surface area (Å²) in [5.41, 5.74) is 0.724. The van der Waals surface area contributed by atoms with Crippen LogP contribution in [0.1, 0.15) is 66.2 Å². The highest BCUT2D eigenvalue weighted by Gasteiger charge is 2.46. The molecule has 0 aromatic rings. The first-order chi connectivity index (χ1) is 9.74. The SMILES string of the molecule is CC(CC#CC(C)(C)O)C1=CCC[C@H]2[C@@H](O)CCC[C@]12C. The van der Waals surface area contributed by atoms with Crippen molar-refractivity contribution in [2.24, 2.45) is 17.3 Å². The lowest BCUT2D eigenvalue weighted by atomic mass is 9.56. The molecule has 0 aromatic heterocycles. The molecule has 0 saturated heterocycles. The molecular formula is C19H30O2. The summed E-state index contributed by atoms with van der Waals surface area (Å²) in [5.74, 6) is 6.87. The van der Waals surface area contributed by atoms with E-state index >= 15 is 0 Å². The second-order valence-corrected chi connectivity index (χ2v) is 7.69. The number of fused-ring (bicyclic) bond motifs is 1. The van der Waals surface area contributed by atoms with Gasteiger partial charge in [-0.15, -0.1) is 0 Å². The lowest BCUT2D eigenvalue weighted by Gasteiger charge is -2.50. The van der Waals surface area contributed by atoms with Crippen LogP contribution in [0.4, 0.5) is 0 Å². The van der Waals surface area contributed by atoms with Crippen molar-refractivity contribution >= 4 is 0 Å². The molecule has 0 bridgehead atoms. The van der Waals surface area contributed by atoms with Crippen LogP contribution in [-0.2, 0) is 0 Å². The van der Waals surface area contributed by atoms with Crippen molar-refractivity contribution in [1.29, 1.82) is 0 Å². The molecule has 2 rings (SSSR count). The predicted molar refractivity (Wildman–Crippen MR) is 86.6 cm³/mol. The van der Waals surface area contributed by atoms with Crippen molar-refractivity contribution in [3.8, 4) is 11.8 Å². The van der Waals surface area contributed by atoms with E-state index in [1.54, 1.807) is 13.8 Å². The predicted octanol–water partition coefficient (Wildman–Crippen LogP) is 3.67. The van der Waals surface area contributed by atoms with Crippen molar-refractivity contribution in [3.05, 3.63) is 11.6 Å². The highest BCUT2D eigenvalue weighted by molar-refractivity contribution is 5.25. The molecule has 0 radical (unpaired) electrons. The lowest BCUT2D eigenvalue weighted by Crippen LogP contribution is -2.44. The van der Waals surface area contributed by atoms with Crippen LogP contribution in [0.25, 0.3) is 0 Å². The molecule has 2 nitrogen and oxygen atoms in total. The van der Waals surface area contributed by atoms with Crippen molar-refractivity contribution in [1.82, 2.24) is 0 Å². The topological polar surface area (TPSA) is 40.5 Å². The second-order valence-electron chi connectivity index (χ2n) is 7.69. The Morgan fingerprint density at radius 1 is 1.43 bits per heavy atom. The minimum absolute atomic E-state index is 0.137. The summed E-state index contributed by atoms with van der Waals surface area (Å²) in [7, 11) is 0. The van der Waals surface area contributed by atoms with E-state index in [1.165, 1.54) is 12.0 Å². The molecule has 0 spiro atoms. The second kappa shape index (κ2) is 6.15. The van der Waals surface area contributed by atoms with Gasteiger partial charge >= 0.3 is 0 Å². The third-order valence-electron chi connectivity index (χ3n) is 5.31. The van der Waals surface area contributed by atoms with E-state index in [0.29, 0.717) is 11.8 Å². The number of rotatable bonds is 2. The average Bonchev–Trinajstić information content (AvgIpc) is 2.36. The standard InChI is InChI=1S/C19H30O2/c1-14(8-6-12-18(2,3)21)15-9-5-10-16-17(20)11-7-13-19(15,16)4/h9,14,16-17,20-21H,5,7-8,10-11,13H2,1-4H3/t14?,16-,17-,19+/m0/s1. The van der Waals surface area contributed by atoms with Crippen molar-refractivity contribution in [2.45, 2.75) is 77.9 Å². The summed E-state index contributed by atoms with van der Waals surface area (Å²) in [6, 6.07) is 0. The molecular weight excluding hydrogens is 260 g/mol. The van der Waals surface area contributed by atoms with Crippen molar-refractivity contribution < 1.29 is 10.2 Å². The van der Waals surface area contributed by atoms with Crippen LogP contribution in [0.5, 0.6) is 0 Å². The molecule has 21 heavy (non-hydrogen) atoms. The largest absolute Gasteiger partial charge is 0.393 e. The van der Waals surface area contributed by atoms with E-state index in [2.05, 4.69) is 31.8 Å². The van der Waals surface area contributed by atoms with Gasteiger partial charge in [-0.05, 0) is 63.2 Å². The van der Waals surface area contributed by atoms with Gasteiger partial charge in [0.25, 0.3) is 0 Å². The van der Waals surface area contributed by atoms with Gasteiger partial charge in [-0.2, -0.15) is 0 Å². The van der Waals surface area contributed by atoms with E-state index in [4.69, 9.17) is 0 Å². The van der Waals surface area contributed by atoms with Gasteiger partial charge in [-0.25, -0.2) is 0 Å². The highest BCUT2D eigenvalue weighted by atomic mass is 16.3. The van der Waals surface area contributed by atoms with E-state index < -0.39 is 5.60 Å². The average molecular weight is 290 g/mol. The van der Waals surface area contributed by atoms with Gasteiger partial charge in [-0.1, -0.05) is 37.3 Å². The third-order valence-corrected chi connectivity index (χ3v) is 5.31. The Labute approximate surface area is 129 Å². The van der Waals surface area contributed by atoms with Crippen molar-refractivity contribution in [3.63, 3.8) is 0 Å². The van der Waals surface area contributed by atoms with E-state index in [9.17, 15) is 10.2 Å². The van der Waals surface area contributed by atoms with Gasteiger partial charge in [-0.3, -0.25) is 0 Å². The summed E-state index contributed by atoms with van der Waals surface area (Å²) in [6.45, 7) is 8.02. The van der Waals surface area contributed by atoms with Crippen LogP contribution >= 0.6 is 0 Å². The summed E-state index contributed by atoms with van der Waals surface area (Å²) in [4.78, 5) is 0. The molecule has 4 atom stereocenters. The third kappa shape index (κ3) is 3.71. The van der Waals surface area contributed by atoms with Gasteiger partial charge < -0.3 is 10.2 Å². The molecule has 1 fully saturated rings. The quantitative estimate of drug-likeness (QED) is 0.601. The Morgan fingerprint density at radius 3 is 2.81 bits per heavy atom. The minimum Gasteiger partial charge on any atom is -0.393 e. The van der Waals surface area contributed by atoms with Gasteiger partial charge in [0.2, 0.25) is 0 Å². The van der Waals surface area contributed by atoms with Crippen LogP contribution in [0.15, 0.2) is 11.6 Å². The van der Waals surface area contributed by atoms with Gasteiger partial charge in [0.1, 0.15) is 5.60 Å². The molecule has 0 aromatic carbocycles. The number of aliphatic hydroxyl groups excluding tert-OH is 1. The van der Waals surface area contributed by atoms with Crippen LogP contribution < -0.4 is 0 Å². The highest BCUT2D eigenvalue weighted by Crippen LogP contribution is 2.53. The summed E-state index contributed by atoms with van der Waals surface area (Å²) < 4.78 is 0. The fraction of sp³-hybridized carbons (Fsp3) is 0.789. The molecule has 2 aliphatic rings. The van der Waals surface area contributed by atoms with Crippen LogP contribution in [-0.4, -0.2) is 21.9 Å². The van der Waals surface area contributed by atoms with Gasteiger partial charge in [0, 0.05) is 6.42 Å². The Kier molecular flexibility index (Phi) is 4.85. The minimum atomic E-state index is -0.909. The maximum Gasteiger partial charge on any atom is 0.119 e. The van der Waals surface area contributed by atoms with E-state index in [-0.39, 0.29) is 11.5 Å². The maximum atomic E-state index is 10.4. The van der Waals surface area contributed by atoms with Crippen LogP contribution in [0.3, 0.4) is 0 Å². The Bertz CT molecular complexity index is 460. The molecule has 0 amide bonds. The number of aliphatic hydroxyl groups is 2. The number of hydrogen-bond donors (Lipinski definition) is 2. The van der Waals surface area contributed by atoms with Gasteiger partial charge in [0.15, 0.2) is 0 Å². The molecule has 2 N–H and O–H groups in total. The molecule has 2 heteroatoms. The zero-order chi connectivity index (χ0) is 15.7. The number of allylic oxidation sites excluding steroid dienone is 2. The smallest absolute Gasteiger partial charge is 0.119 e. The zero-order valence-electron chi connectivity index (χ0n) is 13.9. The van der Waals surface area contributed by atoms with Crippen LogP contribution in [0, 0.1) is 29.1 Å². The van der Waals surface area contributed by atoms with Crippen molar-refractivity contribution in [2.75, 3.05) is 0 Å². The maximum absolute atomic E-state index is 10.4. The molecule has 1 unspecified atom stereocenters.